The Labute approximate surface area is 110 Å². The van der Waals surface area contributed by atoms with E-state index in [2.05, 4.69) is 4.99 Å². The number of carbonyl (C=O) groups is 1. The van der Waals surface area contributed by atoms with Crippen LogP contribution < -0.4 is 0 Å². The topological polar surface area (TPSA) is 69.9 Å². The number of hydrogen-bond acceptors (Lipinski definition) is 3. The van der Waals surface area contributed by atoms with E-state index in [0.29, 0.717) is 22.8 Å². The Kier molecular flexibility index (Phi) is 3.41. The van der Waals surface area contributed by atoms with Crippen molar-refractivity contribution in [3.8, 4) is 0 Å². The number of hydrogen-bond donors (Lipinski definition) is 2. The lowest BCUT2D eigenvalue weighted by atomic mass is 9.73. The minimum atomic E-state index is -0.902. The highest BCUT2D eigenvalue weighted by Crippen LogP contribution is 2.45. The van der Waals surface area contributed by atoms with Crippen LogP contribution in [0.3, 0.4) is 0 Å². The molecule has 0 aliphatic carbocycles. The summed E-state index contributed by atoms with van der Waals surface area (Å²) in [4.78, 5) is 15.4. The van der Waals surface area contributed by atoms with Gasteiger partial charge in [-0.1, -0.05) is 24.6 Å². The number of aliphatic hydroxyl groups is 1. The molecule has 0 aromatic heterocycles. The summed E-state index contributed by atoms with van der Waals surface area (Å²) in [6.45, 7) is 1.66. The summed E-state index contributed by atoms with van der Waals surface area (Å²) in [5, 5.41) is 19.1. The Morgan fingerprint density at radius 1 is 1.50 bits per heavy atom. The van der Waals surface area contributed by atoms with E-state index >= 15 is 0 Å². The van der Waals surface area contributed by atoms with E-state index in [1.807, 2.05) is 6.92 Å². The van der Waals surface area contributed by atoms with Crippen LogP contribution in [0.2, 0.25) is 5.02 Å². The molecule has 0 saturated heterocycles. The molecule has 1 aromatic carbocycles. The van der Waals surface area contributed by atoms with E-state index in [1.54, 1.807) is 18.2 Å². The third-order valence-corrected chi connectivity index (χ3v) is 3.72. The van der Waals surface area contributed by atoms with Gasteiger partial charge in [0.2, 0.25) is 0 Å². The zero-order valence-electron chi connectivity index (χ0n) is 9.98. The van der Waals surface area contributed by atoms with Gasteiger partial charge in [0.25, 0.3) is 0 Å². The van der Waals surface area contributed by atoms with Gasteiger partial charge in [-0.25, -0.2) is 0 Å². The number of benzene rings is 1. The molecule has 5 heteroatoms. The zero-order valence-corrected chi connectivity index (χ0v) is 10.7. The van der Waals surface area contributed by atoms with Crippen LogP contribution in [-0.2, 0) is 10.2 Å². The molecule has 0 amide bonds. The van der Waals surface area contributed by atoms with Gasteiger partial charge in [0.05, 0.1) is 24.4 Å². The van der Waals surface area contributed by atoms with Gasteiger partial charge in [-0.15, -0.1) is 0 Å². The Morgan fingerprint density at radius 3 is 2.78 bits per heavy atom. The molecule has 2 rings (SSSR count). The van der Waals surface area contributed by atoms with E-state index in [4.69, 9.17) is 16.7 Å². The fourth-order valence-corrected chi connectivity index (χ4v) is 2.74. The van der Waals surface area contributed by atoms with Gasteiger partial charge in [-0.3, -0.25) is 9.79 Å². The molecule has 96 valence electrons. The predicted octanol–water partition coefficient (Wildman–Crippen LogP) is 2.54. The quantitative estimate of drug-likeness (QED) is 0.881. The minimum Gasteiger partial charge on any atom is -0.481 e. The molecule has 0 fully saturated rings. The summed E-state index contributed by atoms with van der Waals surface area (Å²) in [6, 6.07) is 5.23. The number of carboxylic acid groups (broad SMARTS) is 1. The van der Waals surface area contributed by atoms with Crippen molar-refractivity contribution in [2.75, 3.05) is 6.61 Å². The number of aliphatic imine (C=N–C) groups is 1. The fourth-order valence-electron chi connectivity index (χ4n) is 2.57. The van der Waals surface area contributed by atoms with Crippen LogP contribution >= 0.6 is 11.6 Å². The number of aliphatic hydroxyl groups excluding tert-OH is 1. The van der Waals surface area contributed by atoms with Gasteiger partial charge < -0.3 is 10.2 Å². The molecule has 1 unspecified atom stereocenters. The normalized spacial score (nSPS) is 21.6. The molecular weight excluding hydrogens is 254 g/mol. The molecule has 0 radical (unpaired) electrons. The third kappa shape index (κ3) is 1.91. The SMILES string of the molecule is CCC1(CC(=O)O)C(CO)=Nc2cc(Cl)ccc21. The maximum atomic E-state index is 11.1. The van der Waals surface area contributed by atoms with Crippen molar-refractivity contribution in [2.45, 2.75) is 25.2 Å². The van der Waals surface area contributed by atoms with Gasteiger partial charge in [-0.2, -0.15) is 0 Å². The number of fused-ring (bicyclic) bond motifs is 1. The average Bonchev–Trinajstić information content (AvgIpc) is 2.62. The lowest BCUT2D eigenvalue weighted by Gasteiger charge is -2.28. The number of carboxylic acids is 1. The van der Waals surface area contributed by atoms with Crippen molar-refractivity contribution in [3.05, 3.63) is 28.8 Å². The lowest BCUT2D eigenvalue weighted by Crippen LogP contribution is -2.37. The number of halogens is 1. The molecule has 1 aliphatic rings. The summed E-state index contributed by atoms with van der Waals surface area (Å²) in [7, 11) is 0. The maximum absolute atomic E-state index is 11.1. The molecule has 0 bridgehead atoms. The van der Waals surface area contributed by atoms with Gasteiger partial charge in [0.1, 0.15) is 0 Å². The first-order chi connectivity index (χ1) is 8.53. The predicted molar refractivity (Wildman–Crippen MR) is 69.9 cm³/mol. The van der Waals surface area contributed by atoms with Crippen molar-refractivity contribution in [3.63, 3.8) is 0 Å². The first-order valence-corrected chi connectivity index (χ1v) is 6.12. The van der Waals surface area contributed by atoms with Gasteiger partial charge in [-0.05, 0) is 24.1 Å². The largest absolute Gasteiger partial charge is 0.481 e. The van der Waals surface area contributed by atoms with Crippen molar-refractivity contribution in [1.82, 2.24) is 0 Å². The van der Waals surface area contributed by atoms with E-state index in [0.717, 1.165) is 5.56 Å². The van der Waals surface area contributed by atoms with Gasteiger partial charge in [0.15, 0.2) is 0 Å². The van der Waals surface area contributed by atoms with Crippen LogP contribution in [0.15, 0.2) is 23.2 Å². The molecule has 1 heterocycles. The highest BCUT2D eigenvalue weighted by molar-refractivity contribution is 6.31. The summed E-state index contributed by atoms with van der Waals surface area (Å²) in [5.41, 5.74) is 1.29. The number of rotatable bonds is 4. The molecule has 1 aliphatic heterocycles. The molecule has 18 heavy (non-hydrogen) atoms. The molecular formula is C13H14ClNO3. The first kappa shape index (κ1) is 13.1. The van der Waals surface area contributed by atoms with Gasteiger partial charge in [0, 0.05) is 10.4 Å². The number of nitrogens with zero attached hydrogens (tertiary/aromatic N) is 1. The summed E-state index contributed by atoms with van der Waals surface area (Å²) < 4.78 is 0. The maximum Gasteiger partial charge on any atom is 0.304 e. The van der Waals surface area contributed by atoms with Crippen molar-refractivity contribution < 1.29 is 15.0 Å². The van der Waals surface area contributed by atoms with Crippen LogP contribution in [0.25, 0.3) is 0 Å². The smallest absolute Gasteiger partial charge is 0.304 e. The van der Waals surface area contributed by atoms with Crippen molar-refractivity contribution >= 4 is 29.0 Å². The molecule has 1 atom stereocenters. The zero-order chi connectivity index (χ0) is 13.3. The fraction of sp³-hybridized carbons (Fsp3) is 0.385. The molecule has 1 aromatic rings. The second-order valence-corrected chi connectivity index (χ2v) is 4.82. The van der Waals surface area contributed by atoms with Crippen LogP contribution in [-0.4, -0.2) is 28.5 Å². The molecule has 0 spiro atoms. The van der Waals surface area contributed by atoms with E-state index in [-0.39, 0.29) is 13.0 Å². The lowest BCUT2D eigenvalue weighted by molar-refractivity contribution is -0.138. The monoisotopic (exact) mass is 267 g/mol. The van der Waals surface area contributed by atoms with Gasteiger partial charge >= 0.3 is 5.97 Å². The summed E-state index contributed by atoms with van der Waals surface area (Å²) in [5.74, 6) is -0.902. The highest BCUT2D eigenvalue weighted by atomic mass is 35.5. The van der Waals surface area contributed by atoms with E-state index in [1.165, 1.54) is 0 Å². The van der Waals surface area contributed by atoms with Crippen molar-refractivity contribution in [2.24, 2.45) is 4.99 Å². The van der Waals surface area contributed by atoms with Crippen LogP contribution in [0.1, 0.15) is 25.3 Å². The summed E-state index contributed by atoms with van der Waals surface area (Å²) in [6.07, 6.45) is 0.505. The molecule has 4 nitrogen and oxygen atoms in total. The second kappa shape index (κ2) is 4.71. The van der Waals surface area contributed by atoms with Crippen molar-refractivity contribution in [1.29, 1.82) is 0 Å². The number of aliphatic carboxylic acids is 1. The highest BCUT2D eigenvalue weighted by Gasteiger charge is 2.43. The second-order valence-electron chi connectivity index (χ2n) is 4.38. The Balaban J connectivity index is 2.59. The standard InChI is InChI=1S/C13H14ClNO3/c1-2-13(6-12(17)18)9-4-3-8(14)5-10(9)15-11(13)7-16/h3-5,16H,2,6-7H2,1H3,(H,17,18). The summed E-state index contributed by atoms with van der Waals surface area (Å²) >= 11 is 5.91. The molecule has 0 saturated carbocycles. The van der Waals surface area contributed by atoms with Crippen LogP contribution in [0.4, 0.5) is 5.69 Å². The van der Waals surface area contributed by atoms with Crippen LogP contribution in [0.5, 0.6) is 0 Å². The minimum absolute atomic E-state index is 0.0719. The first-order valence-electron chi connectivity index (χ1n) is 5.74. The third-order valence-electron chi connectivity index (χ3n) is 3.49. The van der Waals surface area contributed by atoms with Crippen LogP contribution in [0, 0.1) is 0 Å². The van der Waals surface area contributed by atoms with E-state index in [9.17, 15) is 9.90 Å². The molecule has 2 N–H and O–H groups in total. The Hall–Kier alpha value is -1.39. The average molecular weight is 268 g/mol. The Bertz CT molecular complexity index is 527. The Morgan fingerprint density at radius 2 is 2.22 bits per heavy atom. The van der Waals surface area contributed by atoms with E-state index < -0.39 is 11.4 Å².